The van der Waals surface area contributed by atoms with Gasteiger partial charge in [-0.15, -0.1) is 0 Å². The number of H-pyrrole nitrogens is 1. The second-order valence-corrected chi connectivity index (χ2v) is 5.49. The van der Waals surface area contributed by atoms with Gasteiger partial charge in [-0.2, -0.15) is 16.4 Å². The number of nitrogens with zero attached hydrogens (tertiary/aromatic N) is 2. The van der Waals surface area contributed by atoms with Crippen LogP contribution in [0.15, 0.2) is 29.1 Å². The number of anilines is 1. The summed E-state index contributed by atoms with van der Waals surface area (Å²) in [4.78, 5) is 27.7. The molecule has 3 rings (SSSR count). The maximum absolute atomic E-state index is 11.9. The van der Waals surface area contributed by atoms with E-state index in [0.717, 1.165) is 16.6 Å². The van der Waals surface area contributed by atoms with Crippen LogP contribution in [0.3, 0.4) is 0 Å². The molecular formula is C14H13N5O2S. The van der Waals surface area contributed by atoms with Gasteiger partial charge in [0.2, 0.25) is 0 Å². The van der Waals surface area contributed by atoms with E-state index in [1.165, 1.54) is 17.5 Å². The minimum atomic E-state index is -0.725. The standard InChI is InChI=1S/C14H13N5O2S/c1-8-11-4-10(6-15-12(11)19-18-8)17-14(21)13(20)16-5-9-2-3-22-7-9/h2-4,6-7H,5H2,1H3,(H,16,20)(H,17,21)(H,15,18,19). The van der Waals surface area contributed by atoms with Crippen LogP contribution >= 0.6 is 11.3 Å². The fourth-order valence-electron chi connectivity index (χ4n) is 1.93. The Bertz CT molecular complexity index is 825. The van der Waals surface area contributed by atoms with Crippen molar-refractivity contribution in [3.8, 4) is 0 Å². The van der Waals surface area contributed by atoms with Crippen molar-refractivity contribution < 1.29 is 9.59 Å². The molecule has 0 radical (unpaired) electrons. The average Bonchev–Trinajstić information content (AvgIpc) is 3.15. The predicted octanol–water partition coefficient (Wildman–Crippen LogP) is 1.58. The number of fused-ring (bicyclic) bond motifs is 1. The molecule has 0 aliphatic carbocycles. The van der Waals surface area contributed by atoms with E-state index in [4.69, 9.17) is 0 Å². The average molecular weight is 315 g/mol. The van der Waals surface area contributed by atoms with E-state index in [1.54, 1.807) is 6.07 Å². The molecule has 0 bridgehead atoms. The summed E-state index contributed by atoms with van der Waals surface area (Å²) in [5.41, 5.74) is 2.83. The van der Waals surface area contributed by atoms with Crippen LogP contribution in [-0.2, 0) is 16.1 Å². The number of hydrogen-bond donors (Lipinski definition) is 3. The molecule has 3 aromatic rings. The smallest absolute Gasteiger partial charge is 0.313 e. The number of thiophene rings is 1. The lowest BCUT2D eigenvalue weighted by Crippen LogP contribution is -2.34. The lowest BCUT2D eigenvalue weighted by Gasteiger charge is -2.05. The highest BCUT2D eigenvalue weighted by Crippen LogP contribution is 2.17. The molecule has 3 aromatic heterocycles. The van der Waals surface area contributed by atoms with Crippen LogP contribution in [0.5, 0.6) is 0 Å². The van der Waals surface area contributed by atoms with Crippen LogP contribution < -0.4 is 10.6 Å². The van der Waals surface area contributed by atoms with Gasteiger partial charge in [0.15, 0.2) is 5.65 Å². The first-order valence-corrected chi connectivity index (χ1v) is 7.49. The quantitative estimate of drug-likeness (QED) is 0.639. The molecule has 0 spiro atoms. The predicted molar refractivity (Wildman–Crippen MR) is 83.4 cm³/mol. The maximum Gasteiger partial charge on any atom is 0.313 e. The molecule has 0 unspecified atom stereocenters. The normalized spacial score (nSPS) is 10.6. The van der Waals surface area contributed by atoms with Gasteiger partial charge < -0.3 is 10.6 Å². The molecule has 3 heterocycles. The van der Waals surface area contributed by atoms with Crippen LogP contribution in [0.25, 0.3) is 11.0 Å². The van der Waals surface area contributed by atoms with Crippen molar-refractivity contribution in [3.63, 3.8) is 0 Å². The second-order valence-electron chi connectivity index (χ2n) is 4.71. The number of rotatable bonds is 3. The molecule has 112 valence electrons. The highest BCUT2D eigenvalue weighted by atomic mass is 32.1. The number of hydrogen-bond acceptors (Lipinski definition) is 5. The summed E-state index contributed by atoms with van der Waals surface area (Å²) in [6.45, 7) is 2.18. The number of aromatic nitrogens is 3. The number of amides is 2. The third-order valence-corrected chi connectivity index (χ3v) is 3.83. The highest BCUT2D eigenvalue weighted by Gasteiger charge is 2.14. The Morgan fingerprint density at radius 3 is 3.00 bits per heavy atom. The lowest BCUT2D eigenvalue weighted by molar-refractivity contribution is -0.136. The molecule has 0 saturated heterocycles. The molecule has 22 heavy (non-hydrogen) atoms. The summed E-state index contributed by atoms with van der Waals surface area (Å²) in [6.07, 6.45) is 1.46. The third kappa shape index (κ3) is 2.96. The van der Waals surface area contributed by atoms with Crippen molar-refractivity contribution in [2.75, 3.05) is 5.32 Å². The number of pyridine rings is 1. The Morgan fingerprint density at radius 1 is 1.36 bits per heavy atom. The molecule has 0 aromatic carbocycles. The Hall–Kier alpha value is -2.74. The maximum atomic E-state index is 11.9. The summed E-state index contributed by atoms with van der Waals surface area (Å²) >= 11 is 1.54. The van der Waals surface area contributed by atoms with E-state index in [9.17, 15) is 9.59 Å². The van der Waals surface area contributed by atoms with Gasteiger partial charge in [0.05, 0.1) is 11.9 Å². The molecule has 0 atom stereocenters. The molecule has 7 nitrogen and oxygen atoms in total. The van der Waals surface area contributed by atoms with E-state index in [-0.39, 0.29) is 0 Å². The van der Waals surface area contributed by atoms with Gasteiger partial charge >= 0.3 is 11.8 Å². The zero-order chi connectivity index (χ0) is 15.5. The third-order valence-electron chi connectivity index (χ3n) is 3.10. The van der Waals surface area contributed by atoms with Crippen LogP contribution in [0.2, 0.25) is 0 Å². The number of aromatic amines is 1. The highest BCUT2D eigenvalue weighted by molar-refractivity contribution is 7.07. The summed E-state index contributed by atoms with van der Waals surface area (Å²) in [5.74, 6) is -1.41. The van der Waals surface area contributed by atoms with E-state index in [0.29, 0.717) is 17.9 Å². The van der Waals surface area contributed by atoms with Gasteiger partial charge in [0.25, 0.3) is 0 Å². The van der Waals surface area contributed by atoms with E-state index >= 15 is 0 Å². The van der Waals surface area contributed by atoms with Crippen molar-refractivity contribution >= 4 is 39.9 Å². The first kappa shape index (κ1) is 14.2. The van der Waals surface area contributed by atoms with E-state index < -0.39 is 11.8 Å². The Labute approximate surface area is 129 Å². The van der Waals surface area contributed by atoms with Crippen molar-refractivity contribution in [1.29, 1.82) is 0 Å². The number of carbonyl (C=O) groups is 2. The zero-order valence-electron chi connectivity index (χ0n) is 11.7. The Kier molecular flexibility index (Phi) is 3.84. The van der Waals surface area contributed by atoms with Gasteiger partial charge in [-0.05, 0) is 35.4 Å². The van der Waals surface area contributed by atoms with Gasteiger partial charge in [-0.25, -0.2) is 4.98 Å². The summed E-state index contributed by atoms with van der Waals surface area (Å²) in [6, 6.07) is 3.62. The van der Waals surface area contributed by atoms with Crippen LogP contribution in [0.1, 0.15) is 11.3 Å². The van der Waals surface area contributed by atoms with Gasteiger partial charge in [-0.1, -0.05) is 0 Å². The van der Waals surface area contributed by atoms with Crippen molar-refractivity contribution in [2.24, 2.45) is 0 Å². The minimum Gasteiger partial charge on any atom is -0.344 e. The van der Waals surface area contributed by atoms with Gasteiger partial charge in [0, 0.05) is 17.6 Å². The topological polar surface area (TPSA) is 99.8 Å². The molecular weight excluding hydrogens is 302 g/mol. The summed E-state index contributed by atoms with van der Waals surface area (Å²) < 4.78 is 0. The fourth-order valence-corrected chi connectivity index (χ4v) is 2.60. The van der Waals surface area contributed by atoms with Crippen LogP contribution in [-0.4, -0.2) is 27.0 Å². The first-order chi connectivity index (χ1) is 10.6. The SMILES string of the molecule is Cc1[nH]nc2ncc(NC(=O)C(=O)NCc3ccsc3)cc12. The van der Waals surface area contributed by atoms with E-state index in [2.05, 4.69) is 25.8 Å². The fraction of sp³-hybridized carbons (Fsp3) is 0.143. The number of carbonyl (C=O) groups excluding carboxylic acids is 2. The monoisotopic (exact) mass is 315 g/mol. The summed E-state index contributed by atoms with van der Waals surface area (Å²) in [7, 11) is 0. The number of nitrogens with one attached hydrogen (secondary N) is 3. The van der Waals surface area contributed by atoms with Crippen molar-refractivity contribution in [1.82, 2.24) is 20.5 Å². The molecule has 0 aliphatic heterocycles. The zero-order valence-corrected chi connectivity index (χ0v) is 12.5. The van der Waals surface area contributed by atoms with Crippen LogP contribution in [0.4, 0.5) is 5.69 Å². The molecule has 3 N–H and O–H groups in total. The van der Waals surface area contributed by atoms with Crippen molar-refractivity contribution in [3.05, 3.63) is 40.3 Å². The number of aryl methyl sites for hydroxylation is 1. The van der Waals surface area contributed by atoms with Crippen LogP contribution in [0, 0.1) is 6.92 Å². The van der Waals surface area contributed by atoms with Crippen molar-refractivity contribution in [2.45, 2.75) is 13.5 Å². The van der Waals surface area contributed by atoms with E-state index in [1.807, 2.05) is 23.8 Å². The minimum absolute atomic E-state index is 0.327. The molecule has 8 heteroatoms. The Morgan fingerprint density at radius 2 is 2.23 bits per heavy atom. The largest absolute Gasteiger partial charge is 0.344 e. The molecule has 2 amide bonds. The Balaban J connectivity index is 1.64. The molecule has 0 saturated carbocycles. The van der Waals surface area contributed by atoms with Gasteiger partial charge in [0.1, 0.15) is 0 Å². The second kappa shape index (κ2) is 5.94. The molecule has 0 aliphatic rings. The summed E-state index contributed by atoms with van der Waals surface area (Å²) in [5, 5.41) is 16.5. The first-order valence-electron chi connectivity index (χ1n) is 6.54. The molecule has 0 fully saturated rings. The van der Waals surface area contributed by atoms with Gasteiger partial charge in [-0.3, -0.25) is 14.7 Å². The lowest BCUT2D eigenvalue weighted by atomic mass is 10.2.